The number of rotatable bonds is 5. The van der Waals surface area contributed by atoms with Gasteiger partial charge in [0.25, 0.3) is 0 Å². The van der Waals surface area contributed by atoms with Crippen LogP contribution in [0.4, 0.5) is 11.6 Å². The second kappa shape index (κ2) is 5.69. The van der Waals surface area contributed by atoms with Crippen molar-refractivity contribution in [3.63, 3.8) is 0 Å². The lowest BCUT2D eigenvalue weighted by atomic mass is 10.5. The first kappa shape index (κ1) is 12.6. The highest BCUT2D eigenvalue weighted by Crippen LogP contribution is 2.33. The van der Waals surface area contributed by atoms with Gasteiger partial charge in [-0.05, 0) is 18.7 Å². The summed E-state index contributed by atoms with van der Waals surface area (Å²) in [7, 11) is 0. The van der Waals surface area contributed by atoms with Gasteiger partial charge in [-0.3, -0.25) is 10.1 Å². The van der Waals surface area contributed by atoms with Crippen molar-refractivity contribution in [1.82, 2.24) is 20.2 Å². The first-order valence-corrected chi connectivity index (χ1v) is 6.59. The van der Waals surface area contributed by atoms with Crippen molar-refractivity contribution in [3.05, 3.63) is 21.8 Å². The molecule has 18 heavy (non-hydrogen) atoms. The van der Waals surface area contributed by atoms with Crippen molar-refractivity contribution in [2.75, 3.05) is 11.9 Å². The summed E-state index contributed by atoms with van der Waals surface area (Å²) in [5.41, 5.74) is 1.41. The summed E-state index contributed by atoms with van der Waals surface area (Å²) in [6.45, 7) is 2.53. The molecule has 0 aliphatic carbocycles. The van der Waals surface area contributed by atoms with Crippen molar-refractivity contribution in [3.8, 4) is 0 Å². The average Bonchev–Trinajstić information content (AvgIpc) is 2.82. The molecule has 0 saturated heterocycles. The lowest BCUT2D eigenvalue weighted by molar-refractivity contribution is -0.388. The van der Waals surface area contributed by atoms with Gasteiger partial charge in [-0.15, -0.1) is 10.2 Å². The third-order valence-electron chi connectivity index (χ3n) is 1.79. The minimum atomic E-state index is -0.515. The minimum absolute atomic E-state index is 0.142. The minimum Gasteiger partial charge on any atom is -0.354 e. The van der Waals surface area contributed by atoms with Crippen LogP contribution in [0.25, 0.3) is 0 Å². The SMILES string of the molecule is CCNc1ncc([N+](=O)[O-])c(Sc2nncs2)n1. The van der Waals surface area contributed by atoms with Crippen LogP contribution in [0.3, 0.4) is 0 Å². The van der Waals surface area contributed by atoms with E-state index < -0.39 is 4.92 Å². The second-order valence-electron chi connectivity index (χ2n) is 2.98. The molecule has 2 aromatic heterocycles. The Morgan fingerprint density at radius 2 is 2.44 bits per heavy atom. The zero-order chi connectivity index (χ0) is 13.0. The summed E-state index contributed by atoms with van der Waals surface area (Å²) in [6, 6.07) is 0. The molecule has 10 heteroatoms. The van der Waals surface area contributed by atoms with Crippen LogP contribution in [-0.2, 0) is 0 Å². The molecule has 1 N–H and O–H groups in total. The van der Waals surface area contributed by atoms with Crippen LogP contribution >= 0.6 is 23.1 Å². The fourth-order valence-corrected chi connectivity index (χ4v) is 2.55. The van der Waals surface area contributed by atoms with Gasteiger partial charge >= 0.3 is 5.69 Å². The maximum absolute atomic E-state index is 10.9. The van der Waals surface area contributed by atoms with Crippen LogP contribution in [0.2, 0.25) is 0 Å². The highest BCUT2D eigenvalue weighted by molar-refractivity contribution is 8.01. The topological polar surface area (TPSA) is 107 Å². The number of hydrogen-bond donors (Lipinski definition) is 1. The van der Waals surface area contributed by atoms with Gasteiger partial charge in [0, 0.05) is 6.54 Å². The summed E-state index contributed by atoms with van der Waals surface area (Å²) < 4.78 is 0.597. The molecule has 0 aliphatic rings. The van der Waals surface area contributed by atoms with Crippen LogP contribution in [-0.4, -0.2) is 31.6 Å². The van der Waals surface area contributed by atoms with Crippen LogP contribution in [0.5, 0.6) is 0 Å². The van der Waals surface area contributed by atoms with Gasteiger partial charge < -0.3 is 5.32 Å². The zero-order valence-electron chi connectivity index (χ0n) is 9.23. The van der Waals surface area contributed by atoms with E-state index in [1.165, 1.54) is 17.5 Å². The summed E-state index contributed by atoms with van der Waals surface area (Å²) in [5, 5.41) is 21.5. The molecular formula is C8H8N6O2S2. The smallest absolute Gasteiger partial charge is 0.320 e. The highest BCUT2D eigenvalue weighted by Gasteiger charge is 2.19. The molecule has 0 radical (unpaired) electrons. The van der Waals surface area contributed by atoms with E-state index in [2.05, 4.69) is 25.5 Å². The zero-order valence-corrected chi connectivity index (χ0v) is 10.9. The first-order chi connectivity index (χ1) is 8.70. The van der Waals surface area contributed by atoms with E-state index in [-0.39, 0.29) is 10.7 Å². The lowest BCUT2D eigenvalue weighted by Gasteiger charge is -2.03. The molecule has 0 bridgehead atoms. The number of nitrogens with zero attached hydrogens (tertiary/aromatic N) is 5. The Hall–Kier alpha value is -1.81. The maximum Gasteiger partial charge on any atom is 0.320 e. The summed E-state index contributed by atoms with van der Waals surface area (Å²) >= 11 is 2.40. The van der Waals surface area contributed by atoms with Crippen LogP contribution in [0.1, 0.15) is 6.92 Å². The van der Waals surface area contributed by atoms with E-state index in [0.29, 0.717) is 16.8 Å². The van der Waals surface area contributed by atoms with Gasteiger partial charge in [0.15, 0.2) is 9.37 Å². The molecule has 94 valence electrons. The van der Waals surface area contributed by atoms with Crippen molar-refractivity contribution < 1.29 is 4.92 Å². The Morgan fingerprint density at radius 1 is 1.61 bits per heavy atom. The standard InChI is InChI=1S/C8H8N6O2S2/c1-2-9-7-10-3-5(14(15)16)6(12-7)18-8-13-11-4-17-8/h3-4H,2H2,1H3,(H,9,10,12). The Balaban J connectivity index is 2.34. The molecule has 2 aromatic rings. The second-order valence-corrected chi connectivity index (χ2v) is 5.05. The van der Waals surface area contributed by atoms with E-state index in [4.69, 9.17) is 0 Å². The summed E-state index contributed by atoms with van der Waals surface area (Å²) in [6.07, 6.45) is 1.19. The Labute approximate surface area is 110 Å². The van der Waals surface area contributed by atoms with Gasteiger partial charge in [-0.1, -0.05) is 11.3 Å². The predicted octanol–water partition coefficient (Wildman–Crippen LogP) is 1.82. The fourth-order valence-electron chi connectivity index (χ4n) is 1.09. The average molecular weight is 284 g/mol. The summed E-state index contributed by atoms with van der Waals surface area (Å²) in [5.74, 6) is 0.357. The summed E-state index contributed by atoms with van der Waals surface area (Å²) in [4.78, 5) is 18.3. The first-order valence-electron chi connectivity index (χ1n) is 4.90. The lowest BCUT2D eigenvalue weighted by Crippen LogP contribution is -2.04. The van der Waals surface area contributed by atoms with E-state index in [1.807, 2.05) is 6.92 Å². The Bertz CT molecular complexity index is 547. The van der Waals surface area contributed by atoms with Crippen molar-refractivity contribution in [2.24, 2.45) is 0 Å². The number of hydrogen-bond acceptors (Lipinski definition) is 9. The fraction of sp³-hybridized carbons (Fsp3) is 0.250. The molecular weight excluding hydrogens is 276 g/mol. The molecule has 0 saturated carbocycles. The van der Waals surface area contributed by atoms with E-state index in [1.54, 1.807) is 5.51 Å². The van der Waals surface area contributed by atoms with Gasteiger partial charge in [0.2, 0.25) is 5.95 Å². The number of aromatic nitrogens is 4. The number of nitro groups is 1. The largest absolute Gasteiger partial charge is 0.354 e. The highest BCUT2D eigenvalue weighted by atomic mass is 32.2. The van der Waals surface area contributed by atoms with Crippen molar-refractivity contribution in [2.45, 2.75) is 16.3 Å². The third kappa shape index (κ3) is 2.90. The van der Waals surface area contributed by atoms with Gasteiger partial charge in [0.1, 0.15) is 11.7 Å². The molecule has 0 fully saturated rings. The molecule has 0 aliphatic heterocycles. The van der Waals surface area contributed by atoms with Crippen molar-refractivity contribution >= 4 is 34.7 Å². The van der Waals surface area contributed by atoms with Crippen LogP contribution in [0.15, 0.2) is 21.1 Å². The van der Waals surface area contributed by atoms with E-state index in [0.717, 1.165) is 11.8 Å². The molecule has 0 atom stereocenters. The van der Waals surface area contributed by atoms with Gasteiger partial charge in [0.05, 0.1) is 4.92 Å². The molecule has 0 aromatic carbocycles. The van der Waals surface area contributed by atoms with Gasteiger partial charge in [-0.25, -0.2) is 4.98 Å². The molecule has 0 amide bonds. The molecule has 0 spiro atoms. The number of nitrogens with one attached hydrogen (secondary N) is 1. The van der Waals surface area contributed by atoms with E-state index >= 15 is 0 Å². The number of anilines is 1. The molecule has 2 rings (SSSR count). The molecule has 2 heterocycles. The third-order valence-corrected chi connectivity index (χ3v) is 3.56. The van der Waals surface area contributed by atoms with Gasteiger partial charge in [-0.2, -0.15) is 4.98 Å². The van der Waals surface area contributed by atoms with Crippen LogP contribution in [0, 0.1) is 10.1 Å². The van der Waals surface area contributed by atoms with Crippen molar-refractivity contribution in [1.29, 1.82) is 0 Å². The predicted molar refractivity (Wildman–Crippen MR) is 66.9 cm³/mol. The Kier molecular flexibility index (Phi) is 3.99. The molecule has 0 unspecified atom stereocenters. The van der Waals surface area contributed by atoms with Crippen LogP contribution < -0.4 is 5.32 Å². The van der Waals surface area contributed by atoms with E-state index in [9.17, 15) is 10.1 Å². The molecule has 8 nitrogen and oxygen atoms in total. The monoisotopic (exact) mass is 284 g/mol. The quantitative estimate of drug-likeness (QED) is 0.503. The maximum atomic E-state index is 10.9. The normalized spacial score (nSPS) is 10.3. The Morgan fingerprint density at radius 3 is 3.06 bits per heavy atom.